The molecule has 0 radical (unpaired) electrons. The normalized spacial score (nSPS) is 21.6. The summed E-state index contributed by atoms with van der Waals surface area (Å²) < 4.78 is 0. The van der Waals surface area contributed by atoms with Crippen molar-refractivity contribution in [3.05, 3.63) is 38.9 Å². The van der Waals surface area contributed by atoms with Crippen LogP contribution in [0.4, 0.5) is 5.69 Å². The van der Waals surface area contributed by atoms with Gasteiger partial charge in [0, 0.05) is 37.3 Å². The van der Waals surface area contributed by atoms with Crippen LogP contribution in [0, 0.1) is 10.1 Å². The molecule has 6 nitrogen and oxygen atoms in total. The second kappa shape index (κ2) is 7.06. The standard InChI is InChI=1S/C13H16ClN3O3.ClH/c1-8-9(2)16(6-5-15-8)13(18)11-4-3-10(17(19)20)7-12(11)14;/h3-4,7-9,15H,5-6H2,1-2H3;1H. The molecule has 21 heavy (non-hydrogen) atoms. The molecule has 8 heteroatoms. The van der Waals surface area contributed by atoms with Gasteiger partial charge in [-0.2, -0.15) is 0 Å². The van der Waals surface area contributed by atoms with Crippen molar-refractivity contribution in [2.75, 3.05) is 13.1 Å². The van der Waals surface area contributed by atoms with Gasteiger partial charge in [-0.15, -0.1) is 12.4 Å². The third kappa shape index (κ3) is 3.64. The molecule has 0 aliphatic carbocycles. The highest BCUT2D eigenvalue weighted by atomic mass is 35.5. The number of hydrogen-bond acceptors (Lipinski definition) is 4. The van der Waals surface area contributed by atoms with Gasteiger partial charge in [0.1, 0.15) is 0 Å². The van der Waals surface area contributed by atoms with Crippen molar-refractivity contribution in [1.82, 2.24) is 10.2 Å². The van der Waals surface area contributed by atoms with E-state index >= 15 is 0 Å². The summed E-state index contributed by atoms with van der Waals surface area (Å²) in [7, 11) is 0. The number of carbonyl (C=O) groups is 1. The fourth-order valence-corrected chi connectivity index (χ4v) is 2.54. The van der Waals surface area contributed by atoms with Gasteiger partial charge in [0.05, 0.1) is 15.5 Å². The van der Waals surface area contributed by atoms with E-state index in [-0.39, 0.29) is 41.1 Å². The van der Waals surface area contributed by atoms with Crippen LogP contribution in [0.3, 0.4) is 0 Å². The van der Waals surface area contributed by atoms with Crippen LogP contribution < -0.4 is 5.32 Å². The van der Waals surface area contributed by atoms with Crippen LogP contribution in [0.15, 0.2) is 18.2 Å². The summed E-state index contributed by atoms with van der Waals surface area (Å²) in [5, 5.41) is 14.1. The van der Waals surface area contributed by atoms with E-state index in [9.17, 15) is 14.9 Å². The molecule has 1 aromatic rings. The quantitative estimate of drug-likeness (QED) is 0.666. The molecule has 2 rings (SSSR count). The van der Waals surface area contributed by atoms with E-state index < -0.39 is 4.92 Å². The number of carbonyl (C=O) groups excluding carboxylic acids is 1. The topological polar surface area (TPSA) is 75.5 Å². The Morgan fingerprint density at radius 2 is 2.14 bits per heavy atom. The zero-order valence-electron chi connectivity index (χ0n) is 11.7. The van der Waals surface area contributed by atoms with Crippen molar-refractivity contribution in [2.45, 2.75) is 25.9 Å². The number of amides is 1. The van der Waals surface area contributed by atoms with Gasteiger partial charge in [0.25, 0.3) is 11.6 Å². The zero-order chi connectivity index (χ0) is 14.9. The molecule has 1 aliphatic heterocycles. The fraction of sp³-hybridized carbons (Fsp3) is 0.462. The van der Waals surface area contributed by atoms with Crippen LogP contribution >= 0.6 is 24.0 Å². The molecule has 1 fully saturated rings. The summed E-state index contributed by atoms with van der Waals surface area (Å²) in [6.45, 7) is 5.30. The lowest BCUT2D eigenvalue weighted by Gasteiger charge is -2.38. The maximum atomic E-state index is 12.5. The highest BCUT2D eigenvalue weighted by Crippen LogP contribution is 2.25. The summed E-state index contributed by atoms with van der Waals surface area (Å²) in [5.41, 5.74) is 0.187. The van der Waals surface area contributed by atoms with E-state index in [1.54, 1.807) is 4.90 Å². The maximum Gasteiger partial charge on any atom is 0.270 e. The summed E-state index contributed by atoms with van der Waals surface area (Å²) in [5.74, 6) is -0.189. The van der Waals surface area contributed by atoms with Crippen molar-refractivity contribution < 1.29 is 9.72 Å². The SMILES string of the molecule is CC1NCCN(C(=O)c2ccc([N+](=O)[O-])cc2Cl)C1C.Cl. The fourth-order valence-electron chi connectivity index (χ4n) is 2.29. The van der Waals surface area contributed by atoms with Crippen molar-refractivity contribution in [3.8, 4) is 0 Å². The molecule has 1 aromatic carbocycles. The van der Waals surface area contributed by atoms with Crippen LogP contribution in [0.2, 0.25) is 5.02 Å². The summed E-state index contributed by atoms with van der Waals surface area (Å²) in [4.78, 5) is 24.4. The van der Waals surface area contributed by atoms with Crippen molar-refractivity contribution in [2.24, 2.45) is 0 Å². The summed E-state index contributed by atoms with van der Waals surface area (Å²) in [6.07, 6.45) is 0. The lowest BCUT2D eigenvalue weighted by molar-refractivity contribution is -0.384. The van der Waals surface area contributed by atoms with E-state index in [1.807, 2.05) is 13.8 Å². The molecular formula is C13H17Cl2N3O3. The number of rotatable bonds is 2. The largest absolute Gasteiger partial charge is 0.333 e. The number of nitro benzene ring substituents is 1. The summed E-state index contributed by atoms with van der Waals surface area (Å²) >= 11 is 6.00. The minimum Gasteiger partial charge on any atom is -0.333 e. The smallest absolute Gasteiger partial charge is 0.270 e. The predicted octanol–water partition coefficient (Wildman–Crippen LogP) is 2.49. The molecule has 116 valence electrons. The average Bonchev–Trinajstić information content (AvgIpc) is 2.41. The monoisotopic (exact) mass is 333 g/mol. The number of hydrogen-bond donors (Lipinski definition) is 1. The van der Waals surface area contributed by atoms with Gasteiger partial charge in [0.2, 0.25) is 0 Å². The number of nitrogens with one attached hydrogen (secondary N) is 1. The van der Waals surface area contributed by atoms with Gasteiger partial charge in [-0.25, -0.2) is 0 Å². The Kier molecular flexibility index (Phi) is 5.95. The van der Waals surface area contributed by atoms with Gasteiger partial charge < -0.3 is 10.2 Å². The minimum atomic E-state index is -0.532. The third-order valence-electron chi connectivity index (χ3n) is 3.69. The number of nitrogens with zero attached hydrogens (tertiary/aromatic N) is 2. The molecular weight excluding hydrogens is 317 g/mol. The Labute approximate surface area is 134 Å². The van der Waals surface area contributed by atoms with Gasteiger partial charge in [-0.05, 0) is 19.9 Å². The molecule has 2 atom stereocenters. The molecule has 2 unspecified atom stereocenters. The second-order valence-corrected chi connectivity index (χ2v) is 5.31. The van der Waals surface area contributed by atoms with E-state index in [0.29, 0.717) is 12.1 Å². The van der Waals surface area contributed by atoms with E-state index in [1.165, 1.54) is 18.2 Å². The second-order valence-electron chi connectivity index (χ2n) is 4.90. The minimum absolute atomic E-state index is 0. The Balaban J connectivity index is 0.00000220. The highest BCUT2D eigenvalue weighted by molar-refractivity contribution is 6.34. The van der Waals surface area contributed by atoms with Crippen LogP contribution in [0.5, 0.6) is 0 Å². The molecule has 1 amide bonds. The maximum absolute atomic E-state index is 12.5. The van der Waals surface area contributed by atoms with Crippen molar-refractivity contribution >= 4 is 35.6 Å². The van der Waals surface area contributed by atoms with Crippen LogP contribution in [-0.2, 0) is 0 Å². The number of non-ortho nitro benzene ring substituents is 1. The lowest BCUT2D eigenvalue weighted by atomic mass is 10.1. The Hall–Kier alpha value is -1.37. The molecule has 0 saturated carbocycles. The molecule has 1 saturated heterocycles. The summed E-state index contributed by atoms with van der Waals surface area (Å²) in [6, 6.07) is 4.18. The Bertz CT molecular complexity index is 553. The molecule has 1 aliphatic rings. The molecule has 1 N–H and O–H groups in total. The third-order valence-corrected chi connectivity index (χ3v) is 4.00. The first kappa shape index (κ1) is 17.7. The molecule has 0 spiro atoms. The first-order valence-corrected chi connectivity index (χ1v) is 6.78. The van der Waals surface area contributed by atoms with Crippen LogP contribution in [0.1, 0.15) is 24.2 Å². The van der Waals surface area contributed by atoms with Crippen LogP contribution in [-0.4, -0.2) is 40.9 Å². The highest BCUT2D eigenvalue weighted by Gasteiger charge is 2.30. The van der Waals surface area contributed by atoms with Crippen molar-refractivity contribution in [1.29, 1.82) is 0 Å². The van der Waals surface area contributed by atoms with Crippen molar-refractivity contribution in [3.63, 3.8) is 0 Å². The number of benzene rings is 1. The molecule has 0 bridgehead atoms. The van der Waals surface area contributed by atoms with E-state index in [2.05, 4.69) is 5.32 Å². The number of halogens is 2. The van der Waals surface area contributed by atoms with Gasteiger partial charge in [0.15, 0.2) is 0 Å². The van der Waals surface area contributed by atoms with Gasteiger partial charge in [-0.3, -0.25) is 14.9 Å². The van der Waals surface area contributed by atoms with Gasteiger partial charge in [-0.1, -0.05) is 11.6 Å². The number of nitro groups is 1. The van der Waals surface area contributed by atoms with Gasteiger partial charge >= 0.3 is 0 Å². The zero-order valence-corrected chi connectivity index (χ0v) is 13.3. The van der Waals surface area contributed by atoms with E-state index in [0.717, 1.165) is 6.54 Å². The molecule has 0 aromatic heterocycles. The predicted molar refractivity (Wildman–Crippen MR) is 83.3 cm³/mol. The Morgan fingerprint density at radius 1 is 1.48 bits per heavy atom. The Morgan fingerprint density at radius 3 is 2.71 bits per heavy atom. The lowest BCUT2D eigenvalue weighted by Crippen LogP contribution is -2.57. The van der Waals surface area contributed by atoms with Crippen LogP contribution in [0.25, 0.3) is 0 Å². The first-order valence-electron chi connectivity index (χ1n) is 6.40. The molecule has 1 heterocycles. The average molecular weight is 334 g/mol. The van der Waals surface area contributed by atoms with E-state index in [4.69, 9.17) is 11.6 Å². The first-order chi connectivity index (χ1) is 9.41. The number of piperazine rings is 1.